The van der Waals surface area contributed by atoms with E-state index >= 15 is 0 Å². The van der Waals surface area contributed by atoms with Crippen LogP contribution in [0.1, 0.15) is 63.0 Å². The molecule has 1 aromatic rings. The van der Waals surface area contributed by atoms with Crippen LogP contribution in [0.2, 0.25) is 16.6 Å². The molecule has 0 atom stereocenters. The van der Waals surface area contributed by atoms with Crippen LogP contribution >= 0.6 is 0 Å². The van der Waals surface area contributed by atoms with E-state index in [4.69, 9.17) is 4.84 Å². The molecule has 0 radical (unpaired) electrons. The van der Waals surface area contributed by atoms with Crippen LogP contribution in [0.4, 0.5) is 0 Å². The lowest BCUT2D eigenvalue weighted by atomic mass is 10.0. The molecule has 0 aromatic heterocycles. The lowest BCUT2D eigenvalue weighted by molar-refractivity contribution is 0.0537. The molecule has 0 unspecified atom stereocenters. The number of nitrogens with one attached hydrogen (secondary N) is 1. The number of carbonyl (C=O) groups excluding carboxylic acids is 1. The van der Waals surface area contributed by atoms with Gasteiger partial charge in [0.25, 0.3) is 5.91 Å². The maximum absolute atomic E-state index is 12.2. The second-order valence-corrected chi connectivity index (χ2v) is 12.9. The Morgan fingerprint density at radius 1 is 1.08 bits per heavy atom. The highest BCUT2D eigenvalue weighted by atomic mass is 28.3. The number of benzene rings is 1. The normalized spacial score (nSPS) is 11.6. The summed E-state index contributed by atoms with van der Waals surface area (Å²) in [6.07, 6.45) is 0. The van der Waals surface area contributed by atoms with Crippen LogP contribution in [-0.2, 0) is 4.84 Å². The van der Waals surface area contributed by atoms with Crippen LogP contribution in [0.15, 0.2) is 18.2 Å². The Bertz CT molecular complexity index is 617. The SMILES string of the molecule is CONC(=O)c1ccc(C)cc1C#C[Si](C(C)C)(C(C)C)C(C)C. The van der Waals surface area contributed by atoms with Crippen molar-refractivity contribution in [1.29, 1.82) is 0 Å². The summed E-state index contributed by atoms with van der Waals surface area (Å²) in [5.41, 5.74) is 10.2. The minimum absolute atomic E-state index is 0.257. The van der Waals surface area contributed by atoms with E-state index in [0.29, 0.717) is 22.2 Å². The molecule has 132 valence electrons. The van der Waals surface area contributed by atoms with Crippen molar-refractivity contribution >= 4 is 14.0 Å². The summed E-state index contributed by atoms with van der Waals surface area (Å²) >= 11 is 0. The van der Waals surface area contributed by atoms with E-state index in [2.05, 4.69) is 58.5 Å². The molecule has 0 fully saturated rings. The molecule has 0 aliphatic carbocycles. The summed E-state index contributed by atoms with van der Waals surface area (Å²) in [5.74, 6) is 3.12. The topological polar surface area (TPSA) is 38.3 Å². The maximum Gasteiger partial charge on any atom is 0.276 e. The molecule has 1 aromatic carbocycles. The van der Waals surface area contributed by atoms with Gasteiger partial charge in [-0.3, -0.25) is 9.63 Å². The van der Waals surface area contributed by atoms with Crippen molar-refractivity contribution in [2.75, 3.05) is 7.11 Å². The maximum atomic E-state index is 12.2. The second-order valence-electron chi connectivity index (χ2n) is 7.33. The van der Waals surface area contributed by atoms with Gasteiger partial charge in [-0.2, -0.15) is 0 Å². The van der Waals surface area contributed by atoms with Crippen LogP contribution in [0.5, 0.6) is 0 Å². The third kappa shape index (κ3) is 4.28. The van der Waals surface area contributed by atoms with Gasteiger partial charge < -0.3 is 0 Å². The van der Waals surface area contributed by atoms with Gasteiger partial charge in [-0.15, -0.1) is 5.54 Å². The van der Waals surface area contributed by atoms with Crippen molar-refractivity contribution in [3.05, 3.63) is 34.9 Å². The van der Waals surface area contributed by atoms with Gasteiger partial charge in [-0.25, -0.2) is 5.48 Å². The lowest BCUT2D eigenvalue weighted by Gasteiger charge is -2.38. The number of hydrogen-bond donors (Lipinski definition) is 1. The molecule has 4 heteroatoms. The van der Waals surface area contributed by atoms with Crippen molar-refractivity contribution < 1.29 is 9.63 Å². The van der Waals surface area contributed by atoms with E-state index in [1.54, 1.807) is 0 Å². The van der Waals surface area contributed by atoms with Crippen molar-refractivity contribution in [2.24, 2.45) is 0 Å². The van der Waals surface area contributed by atoms with Gasteiger partial charge in [0.05, 0.1) is 12.7 Å². The monoisotopic (exact) mass is 345 g/mol. The number of hydroxylamine groups is 1. The van der Waals surface area contributed by atoms with E-state index in [1.165, 1.54) is 7.11 Å². The Morgan fingerprint density at radius 2 is 1.62 bits per heavy atom. The average Bonchev–Trinajstić information content (AvgIpc) is 2.47. The van der Waals surface area contributed by atoms with Crippen molar-refractivity contribution in [1.82, 2.24) is 5.48 Å². The molecule has 0 aliphatic rings. The van der Waals surface area contributed by atoms with Gasteiger partial charge in [-0.05, 0) is 41.2 Å². The van der Waals surface area contributed by atoms with Gasteiger partial charge in [-0.1, -0.05) is 53.5 Å². The van der Waals surface area contributed by atoms with Gasteiger partial charge >= 0.3 is 0 Å². The fourth-order valence-corrected chi connectivity index (χ4v) is 8.93. The molecule has 0 heterocycles. The van der Waals surface area contributed by atoms with Crippen LogP contribution < -0.4 is 5.48 Å². The molecule has 1 rings (SSSR count). The zero-order valence-electron chi connectivity index (χ0n) is 16.3. The second kappa shape index (κ2) is 8.50. The standard InChI is InChI=1S/C20H31NO2Si/c1-14(2)24(15(3)4,16(5)6)12-11-18-13-17(7)9-10-19(18)20(22)21-23-8/h9-10,13-16H,1-8H3,(H,21,22). The number of rotatable bonds is 5. The first-order valence-corrected chi connectivity index (χ1v) is 10.9. The van der Waals surface area contributed by atoms with Gasteiger partial charge in [0, 0.05) is 5.56 Å². The first-order chi connectivity index (χ1) is 11.2. The zero-order valence-corrected chi connectivity index (χ0v) is 17.3. The summed E-state index contributed by atoms with van der Waals surface area (Å²) in [6.45, 7) is 15.7. The first-order valence-electron chi connectivity index (χ1n) is 8.63. The fourth-order valence-electron chi connectivity index (χ4n) is 3.72. The lowest BCUT2D eigenvalue weighted by Crippen LogP contribution is -2.43. The molecular formula is C20H31NO2Si. The molecule has 0 spiro atoms. The summed E-state index contributed by atoms with van der Waals surface area (Å²) in [5, 5.41) is 0. The minimum atomic E-state index is -1.83. The van der Waals surface area contributed by atoms with Crippen LogP contribution in [-0.4, -0.2) is 21.1 Å². The third-order valence-electron chi connectivity index (χ3n) is 4.89. The third-order valence-corrected chi connectivity index (χ3v) is 11.2. The van der Waals surface area contributed by atoms with E-state index < -0.39 is 8.07 Å². The number of aryl methyl sites for hydroxylation is 1. The van der Waals surface area contributed by atoms with Crippen LogP contribution in [0.25, 0.3) is 0 Å². The Morgan fingerprint density at radius 3 is 2.08 bits per heavy atom. The molecule has 1 amide bonds. The Balaban J connectivity index is 3.46. The van der Waals surface area contributed by atoms with E-state index in [0.717, 1.165) is 11.1 Å². The van der Waals surface area contributed by atoms with E-state index in [9.17, 15) is 4.79 Å². The largest absolute Gasteiger partial charge is 0.277 e. The molecule has 0 saturated heterocycles. The Hall–Kier alpha value is -1.57. The minimum Gasteiger partial charge on any atom is -0.277 e. The van der Waals surface area contributed by atoms with Gasteiger partial charge in [0.15, 0.2) is 0 Å². The smallest absolute Gasteiger partial charge is 0.276 e. The van der Waals surface area contributed by atoms with E-state index in [-0.39, 0.29) is 5.91 Å². The quantitative estimate of drug-likeness (QED) is 0.470. The Labute approximate surface area is 148 Å². The first kappa shape index (κ1) is 20.5. The summed E-state index contributed by atoms with van der Waals surface area (Å²) in [7, 11) is -0.392. The van der Waals surface area contributed by atoms with Crippen LogP contribution in [0.3, 0.4) is 0 Å². The van der Waals surface area contributed by atoms with E-state index in [1.807, 2.05) is 25.1 Å². The number of carbonyl (C=O) groups is 1. The number of amides is 1. The highest BCUT2D eigenvalue weighted by molar-refractivity contribution is 6.90. The molecule has 1 N–H and O–H groups in total. The average molecular weight is 346 g/mol. The van der Waals surface area contributed by atoms with Crippen LogP contribution in [0, 0.1) is 18.4 Å². The molecule has 0 aliphatic heterocycles. The highest BCUT2D eigenvalue weighted by Crippen LogP contribution is 2.40. The van der Waals surface area contributed by atoms with Crippen molar-refractivity contribution in [3.8, 4) is 11.5 Å². The number of hydrogen-bond acceptors (Lipinski definition) is 2. The predicted octanol–water partition coefficient (Wildman–Crippen LogP) is 4.86. The summed E-state index contributed by atoms with van der Waals surface area (Å²) < 4.78 is 0. The zero-order chi connectivity index (χ0) is 18.5. The van der Waals surface area contributed by atoms with Crippen molar-refractivity contribution in [3.63, 3.8) is 0 Å². The summed E-state index contributed by atoms with van der Waals surface area (Å²) in [4.78, 5) is 17.0. The Kier molecular flexibility index (Phi) is 7.25. The molecule has 24 heavy (non-hydrogen) atoms. The molecule has 3 nitrogen and oxygen atoms in total. The fraction of sp³-hybridized carbons (Fsp3) is 0.550. The molecular weight excluding hydrogens is 314 g/mol. The molecule has 0 saturated carbocycles. The van der Waals surface area contributed by atoms with Crippen molar-refractivity contribution in [2.45, 2.75) is 65.1 Å². The summed E-state index contributed by atoms with van der Waals surface area (Å²) in [6, 6.07) is 5.72. The molecule has 0 bridgehead atoms. The highest BCUT2D eigenvalue weighted by Gasteiger charge is 2.41. The van der Waals surface area contributed by atoms with Gasteiger partial charge in [0.2, 0.25) is 0 Å². The van der Waals surface area contributed by atoms with Gasteiger partial charge in [0.1, 0.15) is 8.07 Å². The predicted molar refractivity (Wildman–Crippen MR) is 104 cm³/mol.